The highest BCUT2D eigenvalue weighted by atomic mass is 16.3. The fourth-order valence-electron chi connectivity index (χ4n) is 10.6. The number of fused-ring (bicyclic) bond motifs is 13. The van der Waals surface area contributed by atoms with Crippen LogP contribution in [-0.4, -0.2) is 11.5 Å². The number of hydrogen-bond donors (Lipinski definition) is 0. The molecule has 63 heavy (non-hydrogen) atoms. The average molecular weight is 803 g/mol. The van der Waals surface area contributed by atoms with Gasteiger partial charge in [0.25, 0.3) is 0 Å². The summed E-state index contributed by atoms with van der Waals surface area (Å²) in [5.74, 6) is 0.667. The zero-order valence-corrected chi connectivity index (χ0v) is 34.3. The van der Waals surface area contributed by atoms with Crippen LogP contribution in [0.15, 0.2) is 233 Å². The van der Waals surface area contributed by atoms with E-state index in [2.05, 4.69) is 212 Å². The highest BCUT2D eigenvalue weighted by Gasteiger charge is 2.51. The van der Waals surface area contributed by atoms with Crippen molar-refractivity contribution < 1.29 is 4.42 Å². The van der Waals surface area contributed by atoms with Crippen molar-refractivity contribution in [2.24, 2.45) is 9.98 Å². The molecule has 10 aromatic rings. The Bertz CT molecular complexity index is 3530. The summed E-state index contributed by atoms with van der Waals surface area (Å²) in [4.78, 5) is 10.8. The molecule has 0 radical (unpaired) electrons. The van der Waals surface area contributed by atoms with Crippen molar-refractivity contribution in [3.05, 3.63) is 257 Å². The molecule has 13 rings (SSSR count). The van der Waals surface area contributed by atoms with Crippen molar-refractivity contribution in [1.82, 2.24) is 0 Å². The van der Waals surface area contributed by atoms with Gasteiger partial charge in [0.05, 0.1) is 16.8 Å². The Morgan fingerprint density at radius 2 is 0.889 bits per heavy atom. The second-order valence-corrected chi connectivity index (χ2v) is 16.7. The molecular formula is C60H38N2O. The fraction of sp³-hybridized carbons (Fsp3) is 0.0333. The number of hydrogen-bond acceptors (Lipinski definition) is 3. The van der Waals surface area contributed by atoms with Crippen LogP contribution in [0.2, 0.25) is 0 Å². The van der Waals surface area contributed by atoms with Gasteiger partial charge < -0.3 is 4.42 Å². The highest BCUT2D eigenvalue weighted by Crippen LogP contribution is 2.63. The number of allylic oxidation sites excluding steroid dienone is 1. The van der Waals surface area contributed by atoms with E-state index in [9.17, 15) is 0 Å². The van der Waals surface area contributed by atoms with Crippen LogP contribution in [0.4, 0.5) is 0 Å². The number of amidine groups is 1. The molecule has 0 atom stereocenters. The Labute approximate surface area is 365 Å². The quantitative estimate of drug-likeness (QED) is 0.171. The maximum atomic E-state index is 6.62. The molecule has 0 fully saturated rings. The second kappa shape index (κ2) is 14.0. The summed E-state index contributed by atoms with van der Waals surface area (Å²) in [6, 6.07) is 76.5. The van der Waals surface area contributed by atoms with Crippen LogP contribution < -0.4 is 0 Å². The van der Waals surface area contributed by atoms with Crippen LogP contribution in [0.5, 0.6) is 0 Å². The molecular weight excluding hydrogens is 765 g/mol. The van der Waals surface area contributed by atoms with Gasteiger partial charge >= 0.3 is 0 Å². The summed E-state index contributed by atoms with van der Waals surface area (Å²) >= 11 is 0. The molecule has 3 nitrogen and oxygen atoms in total. The van der Waals surface area contributed by atoms with Crippen LogP contribution in [0.25, 0.3) is 72.1 Å². The predicted molar refractivity (Wildman–Crippen MR) is 259 cm³/mol. The van der Waals surface area contributed by atoms with Crippen LogP contribution in [0.3, 0.4) is 0 Å². The first-order valence-electron chi connectivity index (χ1n) is 21.7. The van der Waals surface area contributed by atoms with Crippen LogP contribution in [0.1, 0.15) is 45.4 Å². The first-order valence-corrected chi connectivity index (χ1v) is 21.7. The van der Waals surface area contributed by atoms with Crippen LogP contribution in [-0.2, 0) is 5.41 Å². The Hall–Kier alpha value is -8.14. The minimum Gasteiger partial charge on any atom is -0.456 e. The maximum Gasteiger partial charge on any atom is 0.160 e. The Morgan fingerprint density at radius 3 is 1.59 bits per heavy atom. The van der Waals surface area contributed by atoms with E-state index in [-0.39, 0.29) is 5.41 Å². The Kier molecular flexibility index (Phi) is 7.88. The van der Waals surface area contributed by atoms with Gasteiger partial charge in [-0.15, -0.1) is 0 Å². The van der Waals surface area contributed by atoms with E-state index in [0.717, 1.165) is 61.2 Å². The molecule has 3 aliphatic rings. The monoisotopic (exact) mass is 802 g/mol. The van der Waals surface area contributed by atoms with Crippen LogP contribution >= 0.6 is 0 Å². The molecule has 0 saturated carbocycles. The van der Waals surface area contributed by atoms with Crippen molar-refractivity contribution in [2.75, 3.05) is 0 Å². The maximum absolute atomic E-state index is 6.62. The lowest BCUT2D eigenvalue weighted by molar-refractivity contribution is 0.669. The number of nitrogens with zero attached hydrogens (tertiary/aromatic N) is 2. The van der Waals surface area contributed by atoms with Gasteiger partial charge in [0, 0.05) is 22.8 Å². The van der Waals surface area contributed by atoms with E-state index >= 15 is 0 Å². The van der Waals surface area contributed by atoms with E-state index < -0.39 is 0 Å². The van der Waals surface area contributed by atoms with Crippen molar-refractivity contribution >= 4 is 39.2 Å². The molecule has 0 bridgehead atoms. The second-order valence-electron chi connectivity index (χ2n) is 16.7. The van der Waals surface area contributed by atoms with Gasteiger partial charge in [0.15, 0.2) is 5.84 Å². The van der Waals surface area contributed by atoms with Gasteiger partial charge in [-0.3, -0.25) is 0 Å². The molecule has 1 aliphatic heterocycles. The van der Waals surface area contributed by atoms with E-state index in [1.165, 1.54) is 55.6 Å². The predicted octanol–water partition coefficient (Wildman–Crippen LogP) is 14.9. The molecule has 2 heterocycles. The van der Waals surface area contributed by atoms with Crippen molar-refractivity contribution in [3.8, 4) is 44.5 Å². The molecule has 0 unspecified atom stereocenters. The third kappa shape index (κ3) is 5.39. The van der Waals surface area contributed by atoms with Gasteiger partial charge in [-0.1, -0.05) is 194 Å². The third-order valence-corrected chi connectivity index (χ3v) is 13.4. The van der Waals surface area contributed by atoms with E-state index in [1.54, 1.807) is 0 Å². The summed E-state index contributed by atoms with van der Waals surface area (Å²) in [6.45, 7) is 0. The number of benzene rings is 9. The third-order valence-electron chi connectivity index (χ3n) is 13.4. The van der Waals surface area contributed by atoms with E-state index in [4.69, 9.17) is 14.4 Å². The standard InChI is InChI=1S/C60H38N2O/c1-3-14-38(15-4-1)39-26-28-41(29-27-39)55-34-33-54(40-16-5-2-6-17-40)61-59(62-55)47-21-13-25-57-58(47)49-37-43(31-35-56(49)63-57)42-30-32-53-48(36-42)46-20-9-12-24-52(46)60(53)50-22-10-7-18-44(50)45-19-8-11-23-51(45)60/h1-32,34-37H,33H2. The largest absolute Gasteiger partial charge is 0.456 e. The minimum absolute atomic E-state index is 0.368. The van der Waals surface area contributed by atoms with Crippen molar-refractivity contribution in [2.45, 2.75) is 11.8 Å². The molecule has 9 aromatic carbocycles. The molecule has 0 N–H and O–H groups in total. The molecule has 0 saturated heterocycles. The molecule has 1 spiro atoms. The lowest BCUT2D eigenvalue weighted by Crippen LogP contribution is -2.25. The topological polar surface area (TPSA) is 37.9 Å². The van der Waals surface area contributed by atoms with Gasteiger partial charge in [0.2, 0.25) is 0 Å². The number of furan rings is 1. The molecule has 3 heteroatoms. The SMILES string of the molecule is C1=C(c2ccc(-c3ccccc3)cc2)N=C(c2cccc3oc4ccc(-c5ccc6c(c5)-c5ccccc5C65c6ccccc6-c6ccccc65)cc4c23)N=C(c2ccccc2)C1. The van der Waals surface area contributed by atoms with Gasteiger partial charge in [-0.05, 0) is 102 Å². The average Bonchev–Trinajstić information content (AvgIpc) is 3.91. The summed E-state index contributed by atoms with van der Waals surface area (Å²) < 4.78 is 6.62. The minimum atomic E-state index is -0.368. The van der Waals surface area contributed by atoms with Gasteiger partial charge in [0.1, 0.15) is 11.2 Å². The molecule has 1 aromatic heterocycles. The summed E-state index contributed by atoms with van der Waals surface area (Å²) in [5.41, 5.74) is 21.4. The summed E-state index contributed by atoms with van der Waals surface area (Å²) in [6.07, 6.45) is 2.86. The van der Waals surface area contributed by atoms with Gasteiger partial charge in [-0.25, -0.2) is 9.98 Å². The first kappa shape index (κ1) is 35.6. The first-order chi connectivity index (χ1) is 31.2. The normalized spacial score (nSPS) is 14.4. The molecule has 0 amide bonds. The smallest absolute Gasteiger partial charge is 0.160 e. The van der Waals surface area contributed by atoms with Crippen molar-refractivity contribution in [1.29, 1.82) is 0 Å². The summed E-state index contributed by atoms with van der Waals surface area (Å²) in [7, 11) is 0. The molecule has 2 aliphatic carbocycles. The van der Waals surface area contributed by atoms with Crippen LogP contribution in [0, 0.1) is 0 Å². The number of rotatable bonds is 5. The van der Waals surface area contributed by atoms with E-state index in [1.807, 2.05) is 6.07 Å². The van der Waals surface area contributed by atoms with E-state index in [0.29, 0.717) is 12.3 Å². The van der Waals surface area contributed by atoms with Crippen molar-refractivity contribution in [3.63, 3.8) is 0 Å². The zero-order chi connectivity index (χ0) is 41.5. The zero-order valence-electron chi connectivity index (χ0n) is 34.3. The number of aliphatic imine (C=N–C) groups is 2. The summed E-state index contributed by atoms with van der Waals surface area (Å²) in [5, 5.41) is 2.05. The lowest BCUT2D eigenvalue weighted by atomic mass is 9.70. The fourth-order valence-corrected chi connectivity index (χ4v) is 10.6. The Morgan fingerprint density at radius 1 is 0.365 bits per heavy atom. The Balaban J connectivity index is 0.957. The molecule has 294 valence electrons. The van der Waals surface area contributed by atoms with Gasteiger partial charge in [-0.2, -0.15) is 0 Å². The highest BCUT2D eigenvalue weighted by molar-refractivity contribution is 6.23. The lowest BCUT2D eigenvalue weighted by Gasteiger charge is -2.30.